The highest BCUT2D eigenvalue weighted by atomic mass is 19.1. The minimum absolute atomic E-state index is 0.123. The van der Waals surface area contributed by atoms with Crippen molar-refractivity contribution in [1.29, 1.82) is 0 Å². The second-order valence-corrected chi connectivity index (χ2v) is 9.17. The first-order chi connectivity index (χ1) is 15.6. The first kappa shape index (κ1) is 19.7. The molecular formula is C25H26FN3O3. The number of ether oxygens (including phenoxy) is 2. The molecule has 6 rings (SSSR count). The van der Waals surface area contributed by atoms with Gasteiger partial charge in [0.05, 0.1) is 6.54 Å². The number of fused-ring (bicyclic) bond motifs is 3. The Morgan fingerprint density at radius 3 is 2.53 bits per heavy atom. The molecule has 6 nitrogen and oxygen atoms in total. The van der Waals surface area contributed by atoms with Crippen molar-refractivity contribution in [3.8, 4) is 22.9 Å². The Morgan fingerprint density at radius 1 is 1.06 bits per heavy atom. The smallest absolute Gasteiger partial charge is 0.241 e. The molecule has 3 heterocycles. The summed E-state index contributed by atoms with van der Waals surface area (Å²) in [5, 5.41) is 4.13. The highest BCUT2D eigenvalue weighted by Crippen LogP contribution is 2.52. The van der Waals surface area contributed by atoms with Crippen molar-refractivity contribution in [3.05, 3.63) is 59.2 Å². The van der Waals surface area contributed by atoms with E-state index in [1.54, 1.807) is 12.1 Å². The number of aromatic nitrogens is 2. The van der Waals surface area contributed by atoms with Gasteiger partial charge in [-0.3, -0.25) is 4.90 Å². The van der Waals surface area contributed by atoms with Crippen molar-refractivity contribution in [1.82, 2.24) is 15.0 Å². The molecule has 1 atom stereocenters. The minimum Gasteiger partial charge on any atom is -0.486 e. The molecule has 0 radical (unpaired) electrons. The van der Waals surface area contributed by atoms with Gasteiger partial charge in [-0.05, 0) is 67.3 Å². The fraction of sp³-hybridized carbons (Fsp3) is 0.440. The number of rotatable bonds is 3. The largest absolute Gasteiger partial charge is 0.486 e. The van der Waals surface area contributed by atoms with Gasteiger partial charge in [-0.2, -0.15) is 4.98 Å². The quantitative estimate of drug-likeness (QED) is 0.575. The Labute approximate surface area is 186 Å². The average molecular weight is 435 g/mol. The topological polar surface area (TPSA) is 60.6 Å². The molecule has 0 bridgehead atoms. The van der Waals surface area contributed by atoms with Crippen LogP contribution in [0.25, 0.3) is 11.4 Å². The molecule has 3 aromatic rings. The van der Waals surface area contributed by atoms with E-state index >= 15 is 0 Å². The SMILES string of the molecule is CC1c2cc3c(cc2C2(CCCC2)CN1Cc1nc(-c2ccc(F)cc2)no1)OCCO3. The predicted molar refractivity (Wildman–Crippen MR) is 116 cm³/mol. The van der Waals surface area contributed by atoms with Crippen LogP contribution in [-0.2, 0) is 12.0 Å². The lowest BCUT2D eigenvalue weighted by atomic mass is 9.71. The predicted octanol–water partition coefficient (Wildman–Crippen LogP) is 5.04. The van der Waals surface area contributed by atoms with E-state index in [2.05, 4.69) is 34.1 Å². The van der Waals surface area contributed by atoms with Crippen LogP contribution in [0.3, 0.4) is 0 Å². The minimum atomic E-state index is -0.281. The Hall–Kier alpha value is -2.93. The molecule has 0 N–H and O–H groups in total. The Kier molecular flexibility index (Phi) is 4.68. The van der Waals surface area contributed by atoms with E-state index in [4.69, 9.17) is 14.0 Å². The van der Waals surface area contributed by atoms with Crippen LogP contribution < -0.4 is 9.47 Å². The number of hydrogen-bond donors (Lipinski definition) is 0. The number of halogens is 1. The van der Waals surface area contributed by atoms with Gasteiger partial charge in [0.1, 0.15) is 19.0 Å². The molecule has 1 saturated carbocycles. The zero-order valence-corrected chi connectivity index (χ0v) is 18.1. The van der Waals surface area contributed by atoms with Gasteiger partial charge in [0.15, 0.2) is 11.5 Å². The van der Waals surface area contributed by atoms with E-state index in [1.807, 2.05) is 0 Å². The zero-order chi connectivity index (χ0) is 21.7. The molecule has 1 spiro atoms. The normalized spacial score (nSPS) is 21.6. The van der Waals surface area contributed by atoms with Crippen molar-refractivity contribution in [2.45, 2.75) is 50.6 Å². The number of nitrogens with zero attached hydrogens (tertiary/aromatic N) is 3. The summed E-state index contributed by atoms with van der Waals surface area (Å²) in [6, 6.07) is 10.8. The van der Waals surface area contributed by atoms with Crippen LogP contribution in [0.2, 0.25) is 0 Å². The third-order valence-electron chi connectivity index (χ3n) is 7.26. The standard InChI is InChI=1S/C25H26FN3O3/c1-16-19-12-21-22(31-11-10-30-21)13-20(19)25(8-2-3-9-25)15-29(16)14-23-27-24(28-32-23)17-4-6-18(26)7-5-17/h4-7,12-13,16H,2-3,8-11,14-15H2,1H3. The van der Waals surface area contributed by atoms with Crippen LogP contribution in [0.15, 0.2) is 40.9 Å². The lowest BCUT2D eigenvalue weighted by Gasteiger charge is -2.46. The number of benzene rings is 2. The summed E-state index contributed by atoms with van der Waals surface area (Å²) in [5.74, 6) is 2.50. The monoisotopic (exact) mass is 435 g/mol. The van der Waals surface area contributed by atoms with E-state index in [9.17, 15) is 4.39 Å². The van der Waals surface area contributed by atoms with Crippen LogP contribution in [-0.4, -0.2) is 34.8 Å². The Balaban J connectivity index is 1.32. The fourth-order valence-electron chi connectivity index (χ4n) is 5.60. The molecule has 1 aliphatic carbocycles. The molecular weight excluding hydrogens is 409 g/mol. The molecule has 3 aliphatic rings. The molecule has 166 valence electrons. The molecule has 1 unspecified atom stereocenters. The van der Waals surface area contributed by atoms with Gasteiger partial charge in [0.2, 0.25) is 11.7 Å². The summed E-state index contributed by atoms with van der Waals surface area (Å²) in [6.45, 7) is 4.95. The van der Waals surface area contributed by atoms with E-state index in [1.165, 1.54) is 48.9 Å². The molecule has 0 saturated heterocycles. The van der Waals surface area contributed by atoms with Gasteiger partial charge in [-0.15, -0.1) is 0 Å². The summed E-state index contributed by atoms with van der Waals surface area (Å²) in [6.07, 6.45) is 4.83. The van der Waals surface area contributed by atoms with Crippen LogP contribution in [0, 0.1) is 5.82 Å². The van der Waals surface area contributed by atoms with E-state index < -0.39 is 0 Å². The summed E-state index contributed by atoms with van der Waals surface area (Å²) < 4.78 is 30.6. The Morgan fingerprint density at radius 2 is 1.78 bits per heavy atom. The summed E-state index contributed by atoms with van der Waals surface area (Å²) in [5.41, 5.74) is 3.59. The zero-order valence-electron chi connectivity index (χ0n) is 18.1. The van der Waals surface area contributed by atoms with Gasteiger partial charge in [-0.1, -0.05) is 18.0 Å². The van der Waals surface area contributed by atoms with Crippen LogP contribution in [0.1, 0.15) is 55.7 Å². The summed E-state index contributed by atoms with van der Waals surface area (Å²) in [4.78, 5) is 7.03. The van der Waals surface area contributed by atoms with Crippen LogP contribution >= 0.6 is 0 Å². The first-order valence-electron chi connectivity index (χ1n) is 11.4. The summed E-state index contributed by atoms with van der Waals surface area (Å²) in [7, 11) is 0. The van der Waals surface area contributed by atoms with Crippen LogP contribution in [0.4, 0.5) is 4.39 Å². The molecule has 0 amide bonds. The van der Waals surface area contributed by atoms with Gasteiger partial charge in [0.25, 0.3) is 0 Å². The first-order valence-corrected chi connectivity index (χ1v) is 11.4. The van der Waals surface area contributed by atoms with Crippen LogP contribution in [0.5, 0.6) is 11.5 Å². The maximum Gasteiger partial charge on any atom is 0.241 e. The molecule has 1 fully saturated rings. The third-order valence-corrected chi connectivity index (χ3v) is 7.26. The fourth-order valence-corrected chi connectivity index (χ4v) is 5.60. The average Bonchev–Trinajstić information content (AvgIpc) is 3.47. The second-order valence-electron chi connectivity index (χ2n) is 9.17. The van der Waals surface area contributed by atoms with Crippen molar-refractivity contribution in [2.24, 2.45) is 0 Å². The lowest BCUT2D eigenvalue weighted by Crippen LogP contribution is -2.45. The maximum absolute atomic E-state index is 13.2. The van der Waals surface area contributed by atoms with Crippen molar-refractivity contribution >= 4 is 0 Å². The second kappa shape index (κ2) is 7.59. The van der Waals surface area contributed by atoms with Crippen molar-refractivity contribution in [2.75, 3.05) is 19.8 Å². The third kappa shape index (κ3) is 3.26. The molecule has 7 heteroatoms. The maximum atomic E-state index is 13.2. The van der Waals surface area contributed by atoms with E-state index in [-0.39, 0.29) is 17.3 Å². The molecule has 2 aliphatic heterocycles. The number of hydrogen-bond acceptors (Lipinski definition) is 6. The van der Waals surface area contributed by atoms with Gasteiger partial charge in [0, 0.05) is 23.6 Å². The van der Waals surface area contributed by atoms with Gasteiger partial charge >= 0.3 is 0 Å². The van der Waals surface area contributed by atoms with Crippen molar-refractivity contribution < 1.29 is 18.4 Å². The highest BCUT2D eigenvalue weighted by Gasteiger charge is 2.45. The van der Waals surface area contributed by atoms with Crippen molar-refractivity contribution in [3.63, 3.8) is 0 Å². The van der Waals surface area contributed by atoms with E-state index in [0.29, 0.717) is 31.5 Å². The molecule has 32 heavy (non-hydrogen) atoms. The van der Waals surface area contributed by atoms with E-state index in [0.717, 1.165) is 23.6 Å². The molecule has 2 aromatic carbocycles. The Bertz CT molecular complexity index is 1140. The lowest BCUT2D eigenvalue weighted by molar-refractivity contribution is 0.111. The summed E-state index contributed by atoms with van der Waals surface area (Å²) >= 11 is 0. The highest BCUT2D eigenvalue weighted by molar-refractivity contribution is 5.54. The molecule has 1 aromatic heterocycles. The van der Waals surface area contributed by atoms with Gasteiger partial charge < -0.3 is 14.0 Å². The van der Waals surface area contributed by atoms with Gasteiger partial charge in [-0.25, -0.2) is 4.39 Å².